The fraction of sp³-hybridized carbons (Fsp3) is 0.389. The lowest BCUT2D eigenvalue weighted by Crippen LogP contribution is -2.39. The van der Waals surface area contributed by atoms with Crippen molar-refractivity contribution in [3.8, 4) is 5.75 Å². The molecule has 0 bridgehead atoms. The molecule has 2 unspecified atom stereocenters. The van der Waals surface area contributed by atoms with Gasteiger partial charge in [-0.1, -0.05) is 68.8 Å². The second-order valence-corrected chi connectivity index (χ2v) is 13.7. The van der Waals surface area contributed by atoms with Gasteiger partial charge in [-0.25, -0.2) is 9.48 Å². The molecule has 1 aliphatic heterocycles. The number of amides is 2. The van der Waals surface area contributed by atoms with Crippen LogP contribution in [0, 0.1) is 10.8 Å². The van der Waals surface area contributed by atoms with Crippen LogP contribution in [0.15, 0.2) is 72.9 Å². The first-order valence-corrected chi connectivity index (χ1v) is 16.8. The molecule has 0 spiro atoms. The molecule has 6 rings (SSSR count). The van der Waals surface area contributed by atoms with E-state index in [4.69, 9.17) is 37.0 Å². The number of urea groups is 1. The number of nitrogens with zero attached hydrogens (tertiary/aromatic N) is 4. The predicted molar refractivity (Wildman–Crippen MR) is 186 cm³/mol. The van der Waals surface area contributed by atoms with Crippen molar-refractivity contribution in [3.05, 3.63) is 106 Å². The van der Waals surface area contributed by atoms with Gasteiger partial charge < -0.3 is 14.8 Å². The second-order valence-electron chi connectivity index (χ2n) is 13.3. The normalized spacial score (nSPS) is 18.2. The summed E-state index contributed by atoms with van der Waals surface area (Å²) >= 11 is 6.35. The van der Waals surface area contributed by atoms with Gasteiger partial charge in [0.05, 0.1) is 42.7 Å². The molecular formula is C36H43ClN8O3. The van der Waals surface area contributed by atoms with Crippen molar-refractivity contribution in [2.45, 2.75) is 57.7 Å². The van der Waals surface area contributed by atoms with Crippen LogP contribution in [0.25, 0.3) is 0 Å². The minimum Gasteiger partial charge on any atom is -0.484 e. The number of pyridine rings is 1. The molecule has 1 aliphatic carbocycles. The lowest BCUT2D eigenvalue weighted by Gasteiger charge is -2.32. The number of hydrogen-bond acceptors (Lipinski definition) is 7. The Bertz CT molecular complexity index is 1840. The van der Waals surface area contributed by atoms with Crippen LogP contribution in [-0.4, -0.2) is 64.0 Å². The predicted octanol–water partition coefficient (Wildman–Crippen LogP) is 6.10. The summed E-state index contributed by atoms with van der Waals surface area (Å²) in [5.41, 5.74) is 3.41. The van der Waals surface area contributed by atoms with Crippen molar-refractivity contribution in [2.75, 3.05) is 38.2 Å². The monoisotopic (exact) mass is 670 g/mol. The van der Waals surface area contributed by atoms with Crippen molar-refractivity contribution < 1.29 is 14.3 Å². The number of morpholine rings is 1. The van der Waals surface area contributed by atoms with Crippen molar-refractivity contribution in [1.29, 1.82) is 10.8 Å². The van der Waals surface area contributed by atoms with Gasteiger partial charge in [-0.3, -0.25) is 25.6 Å². The molecular weight excluding hydrogens is 628 g/mol. The topological polar surface area (TPSA) is 133 Å². The number of benzene rings is 2. The Morgan fingerprint density at radius 1 is 1.02 bits per heavy atom. The molecule has 3 heterocycles. The molecule has 1 saturated heterocycles. The van der Waals surface area contributed by atoms with Gasteiger partial charge >= 0.3 is 6.03 Å². The number of fused-ring (bicyclic) bond motifs is 1. The molecule has 2 aromatic carbocycles. The third-order valence-corrected chi connectivity index (χ3v) is 9.16. The van der Waals surface area contributed by atoms with E-state index in [9.17, 15) is 4.79 Å². The lowest BCUT2D eigenvalue weighted by molar-refractivity contribution is 0.0360. The van der Waals surface area contributed by atoms with Crippen LogP contribution in [0.5, 0.6) is 5.75 Å². The summed E-state index contributed by atoms with van der Waals surface area (Å²) < 4.78 is 15.3. The van der Waals surface area contributed by atoms with Crippen LogP contribution in [0.3, 0.4) is 0 Å². The zero-order chi connectivity index (χ0) is 33.8. The second kappa shape index (κ2) is 14.3. The molecule has 252 valence electrons. The van der Waals surface area contributed by atoms with Crippen molar-refractivity contribution in [2.24, 2.45) is 0 Å². The highest BCUT2D eigenvalue weighted by atomic mass is 35.5. The smallest absolute Gasteiger partial charge is 0.320 e. The van der Waals surface area contributed by atoms with Crippen molar-refractivity contribution in [1.82, 2.24) is 24.6 Å². The van der Waals surface area contributed by atoms with Gasteiger partial charge in [0.2, 0.25) is 0 Å². The van der Waals surface area contributed by atoms with E-state index in [1.165, 1.54) is 4.57 Å². The summed E-state index contributed by atoms with van der Waals surface area (Å²) in [4.78, 5) is 15.8. The number of rotatable bonds is 8. The van der Waals surface area contributed by atoms with Gasteiger partial charge in [0.15, 0.2) is 0 Å². The Balaban J connectivity index is 1.15. The van der Waals surface area contributed by atoms with Crippen LogP contribution in [0.1, 0.15) is 68.1 Å². The van der Waals surface area contributed by atoms with Crippen molar-refractivity contribution >= 4 is 29.3 Å². The number of ether oxygens (including phenoxy) is 2. The van der Waals surface area contributed by atoms with E-state index < -0.39 is 0 Å². The quantitative estimate of drug-likeness (QED) is 0.133. The molecule has 1 fully saturated rings. The molecule has 0 radical (unpaired) electrons. The van der Waals surface area contributed by atoms with Crippen molar-refractivity contribution in [3.63, 3.8) is 0 Å². The molecule has 4 aromatic rings. The Kier molecular flexibility index (Phi) is 10.00. The molecule has 2 amide bonds. The molecule has 2 aliphatic rings. The van der Waals surface area contributed by atoms with Gasteiger partial charge in [-0.15, -0.1) is 0 Å². The fourth-order valence-electron chi connectivity index (χ4n) is 6.13. The SMILES string of the molecule is CC(C)(C)c1cc(NC(=O)NC2CCC(Oc3ccc(=N)n(C(=N)c4ccccc4Cl)c3)c3ccccc32)n(CCN2CCOCC2)n1. The number of anilines is 1. The highest BCUT2D eigenvalue weighted by Gasteiger charge is 2.30. The number of halogens is 1. The number of nitrogens with one attached hydrogen (secondary N) is 4. The number of aromatic nitrogens is 3. The standard InChI is InChI=1S/C36H43ClN8O3/c1-36(2,3)31-22-33(45(42-31)17-16-43-18-20-47-21-19-43)41-35(46)40-29-13-14-30(26-9-5-4-8-25(26)29)48-24-12-15-32(38)44(23-24)34(39)27-10-6-7-11-28(27)37/h4-12,15,22-23,29-30,38-39H,13-14,16-21H2,1-3H3,(H2,40,41,46). The zero-order valence-corrected chi connectivity index (χ0v) is 28.4. The van der Waals surface area contributed by atoms with Crippen LogP contribution in [0.4, 0.5) is 10.6 Å². The highest BCUT2D eigenvalue weighted by molar-refractivity contribution is 6.34. The maximum Gasteiger partial charge on any atom is 0.320 e. The van der Waals surface area contributed by atoms with Crippen LogP contribution < -0.4 is 20.9 Å². The van der Waals surface area contributed by atoms with Crippen LogP contribution in [0.2, 0.25) is 5.02 Å². The third-order valence-electron chi connectivity index (χ3n) is 8.83. The van der Waals surface area contributed by atoms with Crippen LogP contribution >= 0.6 is 11.6 Å². The zero-order valence-electron chi connectivity index (χ0n) is 27.6. The summed E-state index contributed by atoms with van der Waals surface area (Å²) in [6, 6.07) is 19.9. The summed E-state index contributed by atoms with van der Waals surface area (Å²) in [7, 11) is 0. The van der Waals surface area contributed by atoms with Gasteiger partial charge in [-0.2, -0.15) is 5.10 Å². The summed E-state index contributed by atoms with van der Waals surface area (Å²) in [5, 5.41) is 28.7. The van der Waals surface area contributed by atoms with E-state index in [1.54, 1.807) is 30.5 Å². The molecule has 0 saturated carbocycles. The summed E-state index contributed by atoms with van der Waals surface area (Å²) in [5.74, 6) is 1.30. The average Bonchev–Trinajstić information content (AvgIpc) is 3.49. The Morgan fingerprint density at radius 3 is 2.50 bits per heavy atom. The van der Waals surface area contributed by atoms with E-state index in [0.29, 0.717) is 41.5 Å². The number of carbonyl (C=O) groups is 1. The third kappa shape index (κ3) is 7.64. The number of carbonyl (C=O) groups excluding carboxylic acids is 1. The Labute approximate surface area is 285 Å². The van der Waals surface area contributed by atoms with E-state index in [2.05, 4.69) is 36.3 Å². The van der Waals surface area contributed by atoms with E-state index in [1.807, 2.05) is 47.1 Å². The van der Waals surface area contributed by atoms with E-state index in [0.717, 1.165) is 49.7 Å². The summed E-state index contributed by atoms with van der Waals surface area (Å²) in [6.07, 6.45) is 2.73. The van der Waals surface area contributed by atoms with Gasteiger partial charge in [0.25, 0.3) is 0 Å². The maximum absolute atomic E-state index is 13.5. The van der Waals surface area contributed by atoms with Gasteiger partial charge in [0.1, 0.15) is 29.0 Å². The first-order valence-electron chi connectivity index (χ1n) is 16.4. The van der Waals surface area contributed by atoms with Gasteiger partial charge in [-0.05, 0) is 48.2 Å². The first-order chi connectivity index (χ1) is 23.1. The fourth-order valence-corrected chi connectivity index (χ4v) is 6.36. The summed E-state index contributed by atoms with van der Waals surface area (Å²) in [6.45, 7) is 11.1. The number of hydrogen-bond donors (Lipinski definition) is 4. The maximum atomic E-state index is 13.5. The largest absolute Gasteiger partial charge is 0.484 e. The molecule has 11 nitrogen and oxygen atoms in total. The molecule has 4 N–H and O–H groups in total. The highest BCUT2D eigenvalue weighted by Crippen LogP contribution is 2.38. The molecule has 12 heteroatoms. The van der Waals surface area contributed by atoms with Crippen LogP contribution in [-0.2, 0) is 16.7 Å². The molecule has 2 atom stereocenters. The van der Waals surface area contributed by atoms with Gasteiger partial charge in [0, 0.05) is 36.7 Å². The average molecular weight is 671 g/mol. The first kappa shape index (κ1) is 33.5. The Morgan fingerprint density at radius 2 is 1.75 bits per heavy atom. The minimum atomic E-state index is -0.285. The lowest BCUT2D eigenvalue weighted by atomic mass is 9.85. The Hall–Kier alpha value is -4.45. The van der Waals surface area contributed by atoms with E-state index >= 15 is 0 Å². The molecule has 48 heavy (non-hydrogen) atoms. The minimum absolute atomic E-state index is 0.0902. The molecule has 2 aromatic heterocycles. The van der Waals surface area contributed by atoms with E-state index in [-0.39, 0.29) is 34.9 Å².